The number of hydrogen-bond acceptors (Lipinski definition) is 1. The molecule has 186 valence electrons. The van der Waals surface area contributed by atoms with Crippen molar-refractivity contribution in [3.8, 4) is 0 Å². The van der Waals surface area contributed by atoms with E-state index < -0.39 is 7.26 Å². The average Bonchev–Trinajstić information content (AvgIpc) is 2.95. The third kappa shape index (κ3) is 6.73. The lowest BCUT2D eigenvalue weighted by Crippen LogP contribution is -2.32. The van der Waals surface area contributed by atoms with E-state index in [0.717, 1.165) is 19.2 Å². The maximum absolute atomic E-state index is 6.21. The highest BCUT2D eigenvalue weighted by Crippen LogP contribution is 2.58. The predicted molar refractivity (Wildman–Crippen MR) is 158 cm³/mol. The van der Waals surface area contributed by atoms with Crippen LogP contribution in [0, 0.1) is 0 Å². The van der Waals surface area contributed by atoms with Crippen molar-refractivity contribution in [2.45, 2.75) is 58.2 Å². The minimum atomic E-state index is -1.92. The van der Waals surface area contributed by atoms with Crippen molar-refractivity contribution in [2.75, 3.05) is 6.61 Å². The summed E-state index contributed by atoms with van der Waals surface area (Å²) < 4.78 is 6.21. The Bertz CT molecular complexity index is 1040. The fraction of sp³-hybridized carbons (Fsp3) is 0.294. The first-order valence-electron chi connectivity index (χ1n) is 13.5. The smallest absolute Gasteiger partial charge is 0.116 e. The second-order valence-corrected chi connectivity index (χ2v) is 13.0. The summed E-state index contributed by atoms with van der Waals surface area (Å²) in [6.07, 6.45) is 8.74. The Morgan fingerprint density at radius 3 is 1.47 bits per heavy atom. The topological polar surface area (TPSA) is 9.23 Å². The zero-order valence-electron chi connectivity index (χ0n) is 21.7. The van der Waals surface area contributed by atoms with Crippen LogP contribution in [0.4, 0.5) is 0 Å². The molecule has 1 nitrogen and oxygen atoms in total. The van der Waals surface area contributed by atoms with E-state index in [-0.39, 0.29) is 0 Å². The highest BCUT2D eigenvalue weighted by Gasteiger charge is 2.45. The van der Waals surface area contributed by atoms with Gasteiger partial charge in [-0.1, -0.05) is 118 Å². The first-order chi connectivity index (χ1) is 17.8. The fourth-order valence-electron chi connectivity index (χ4n) is 5.04. The molecule has 0 aromatic heterocycles. The zero-order chi connectivity index (χ0) is 24.9. The predicted octanol–water partition coefficient (Wildman–Crippen LogP) is 8.06. The minimum absolute atomic E-state index is 0.684. The van der Waals surface area contributed by atoms with Crippen molar-refractivity contribution in [1.82, 2.24) is 0 Å². The van der Waals surface area contributed by atoms with Gasteiger partial charge in [-0.15, -0.1) is 0 Å². The number of rotatable bonds is 14. The maximum atomic E-state index is 6.21. The summed E-state index contributed by atoms with van der Waals surface area (Å²) in [5.74, 6) is 0. The van der Waals surface area contributed by atoms with Crippen molar-refractivity contribution in [3.05, 3.63) is 126 Å². The van der Waals surface area contributed by atoms with E-state index in [4.69, 9.17) is 4.74 Å². The molecule has 0 aliphatic heterocycles. The molecular formula is C34H40OP+. The van der Waals surface area contributed by atoms with Gasteiger partial charge in [0.25, 0.3) is 0 Å². The lowest BCUT2D eigenvalue weighted by Gasteiger charge is -2.28. The van der Waals surface area contributed by atoms with Gasteiger partial charge in [0.2, 0.25) is 0 Å². The molecule has 0 radical (unpaired) electrons. The summed E-state index contributed by atoms with van der Waals surface area (Å²) in [4.78, 5) is 0. The fourth-order valence-corrected chi connectivity index (χ4v) is 9.35. The Balaban J connectivity index is 1.63. The largest absolute Gasteiger partial charge is 0.377 e. The Hall–Kier alpha value is -2.73. The van der Waals surface area contributed by atoms with Crippen molar-refractivity contribution in [3.63, 3.8) is 0 Å². The third-order valence-electron chi connectivity index (χ3n) is 7.02. The van der Waals surface area contributed by atoms with Crippen LogP contribution in [0.25, 0.3) is 0 Å². The van der Waals surface area contributed by atoms with Crippen molar-refractivity contribution in [2.24, 2.45) is 0 Å². The molecule has 0 atom stereocenters. The Morgan fingerprint density at radius 1 is 0.500 bits per heavy atom. The number of benzene rings is 4. The van der Waals surface area contributed by atoms with E-state index in [0.29, 0.717) is 6.61 Å². The van der Waals surface area contributed by atoms with E-state index in [2.05, 4.69) is 122 Å². The summed E-state index contributed by atoms with van der Waals surface area (Å²) >= 11 is 0. The van der Waals surface area contributed by atoms with Gasteiger partial charge < -0.3 is 4.74 Å². The molecule has 4 aromatic rings. The van der Waals surface area contributed by atoms with Crippen LogP contribution in [-0.4, -0.2) is 6.61 Å². The second kappa shape index (κ2) is 14.1. The molecule has 0 unspecified atom stereocenters. The average molecular weight is 496 g/mol. The molecule has 0 aliphatic carbocycles. The summed E-state index contributed by atoms with van der Waals surface area (Å²) in [6, 6.07) is 42.3. The monoisotopic (exact) mass is 495 g/mol. The lowest BCUT2D eigenvalue weighted by molar-refractivity contribution is 0.116. The quantitative estimate of drug-likeness (QED) is 0.127. The Labute approximate surface area is 218 Å². The van der Waals surface area contributed by atoms with Gasteiger partial charge in [0.15, 0.2) is 0 Å². The summed E-state index contributed by atoms with van der Waals surface area (Å²) in [5, 5.41) is 4.26. The van der Waals surface area contributed by atoms with Gasteiger partial charge in [0, 0.05) is 6.61 Å². The van der Waals surface area contributed by atoms with Crippen molar-refractivity contribution >= 4 is 23.2 Å². The third-order valence-corrected chi connectivity index (χ3v) is 11.4. The van der Waals surface area contributed by atoms with Crippen LogP contribution in [0.1, 0.15) is 56.6 Å². The highest BCUT2D eigenvalue weighted by molar-refractivity contribution is 7.95. The first kappa shape index (κ1) is 26.3. The molecule has 0 saturated carbocycles. The van der Waals surface area contributed by atoms with Gasteiger partial charge in [0.05, 0.1) is 12.8 Å². The molecule has 2 heteroatoms. The van der Waals surface area contributed by atoms with Crippen LogP contribution < -0.4 is 15.9 Å². The van der Waals surface area contributed by atoms with Crippen LogP contribution in [0.15, 0.2) is 115 Å². The molecule has 0 heterocycles. The Morgan fingerprint density at radius 2 is 0.944 bits per heavy atom. The minimum Gasteiger partial charge on any atom is -0.377 e. The molecule has 0 amide bonds. The molecule has 0 bridgehead atoms. The molecule has 36 heavy (non-hydrogen) atoms. The maximum Gasteiger partial charge on any atom is 0.116 e. The van der Waals surface area contributed by atoms with E-state index in [9.17, 15) is 0 Å². The molecular weight excluding hydrogens is 455 g/mol. The summed E-state index contributed by atoms with van der Waals surface area (Å²) in [5.41, 5.74) is 2.71. The van der Waals surface area contributed by atoms with Gasteiger partial charge in [-0.05, 0) is 53.9 Å². The van der Waals surface area contributed by atoms with Gasteiger partial charge in [-0.25, -0.2) is 0 Å². The van der Waals surface area contributed by atoms with Crippen molar-refractivity contribution < 1.29 is 4.74 Å². The zero-order valence-corrected chi connectivity index (χ0v) is 22.6. The summed E-state index contributed by atoms with van der Waals surface area (Å²) in [7, 11) is -1.92. The molecule has 0 aliphatic rings. The molecule has 0 N–H and O–H groups in total. The molecule has 0 spiro atoms. The number of ether oxygens (including phenoxy) is 1. The molecule has 4 rings (SSSR count). The standard InChI is InChI=1S/C34H40OP/c1-2-3-4-5-6-18-27-35-28-30-19-16-17-20-31(30)29-36(32-21-10-7-11-22-32,33-23-12-8-13-24-33)34-25-14-9-15-26-34/h7-17,19-26H,2-6,18,27-29H2,1H3/q+1. The van der Waals surface area contributed by atoms with Gasteiger partial charge in [-0.2, -0.15) is 0 Å². The van der Waals surface area contributed by atoms with Gasteiger partial charge in [-0.3, -0.25) is 0 Å². The molecule has 0 fully saturated rings. The molecule has 0 saturated heterocycles. The van der Waals surface area contributed by atoms with E-state index >= 15 is 0 Å². The van der Waals surface area contributed by atoms with E-state index in [1.807, 2.05) is 0 Å². The lowest BCUT2D eigenvalue weighted by atomic mass is 10.1. The van der Waals surface area contributed by atoms with Crippen molar-refractivity contribution in [1.29, 1.82) is 0 Å². The van der Waals surface area contributed by atoms with Crippen LogP contribution in [0.5, 0.6) is 0 Å². The van der Waals surface area contributed by atoms with Crippen LogP contribution >= 0.6 is 7.26 Å². The van der Waals surface area contributed by atoms with Gasteiger partial charge in [0.1, 0.15) is 23.2 Å². The SMILES string of the molecule is CCCCCCCCOCc1ccccc1C[P+](c1ccccc1)(c1ccccc1)c1ccccc1. The first-order valence-corrected chi connectivity index (χ1v) is 15.5. The van der Waals surface area contributed by atoms with Crippen LogP contribution in [-0.2, 0) is 17.5 Å². The molecule has 4 aromatic carbocycles. The second-order valence-electron chi connectivity index (χ2n) is 9.56. The van der Waals surface area contributed by atoms with Crippen LogP contribution in [0.2, 0.25) is 0 Å². The highest BCUT2D eigenvalue weighted by atomic mass is 31.2. The summed E-state index contributed by atoms with van der Waals surface area (Å²) in [6.45, 7) is 3.80. The Kier molecular flexibility index (Phi) is 10.3. The van der Waals surface area contributed by atoms with E-state index in [1.165, 1.54) is 59.1 Å². The number of unbranched alkanes of at least 4 members (excludes halogenated alkanes) is 5. The van der Waals surface area contributed by atoms with Gasteiger partial charge >= 0.3 is 0 Å². The van der Waals surface area contributed by atoms with E-state index in [1.54, 1.807) is 0 Å². The van der Waals surface area contributed by atoms with Crippen LogP contribution in [0.3, 0.4) is 0 Å². The normalized spacial score (nSPS) is 11.5. The number of hydrogen-bond donors (Lipinski definition) is 0.